The molecule has 1 aromatic heterocycles. The predicted molar refractivity (Wildman–Crippen MR) is 71.1 cm³/mol. The second kappa shape index (κ2) is 5.32. The Hall–Kier alpha value is -0.660. The average Bonchev–Trinajstić information content (AvgIpc) is 2.21. The topological polar surface area (TPSA) is 76.3 Å². The van der Waals surface area contributed by atoms with Crippen molar-refractivity contribution >= 4 is 31.8 Å². The largest absolute Gasteiger partial charge is 0.383 e. The summed E-state index contributed by atoms with van der Waals surface area (Å²) in [5.74, 6) is 0.0206. The first kappa shape index (κ1) is 14.4. The third kappa shape index (κ3) is 2.97. The molecule has 0 bridgehead atoms. The quantitative estimate of drug-likeness (QED) is 0.918. The standard InChI is InChI=1S/C10H16BrN3O2S/c1-4-14(7(2)3)17(15,16)9-5-8(11)6-13-10(9)12/h5-7H,4H2,1-3H3,(H2,12,13). The van der Waals surface area contributed by atoms with Crippen molar-refractivity contribution in [3.8, 4) is 0 Å². The second-order valence-electron chi connectivity index (χ2n) is 3.84. The van der Waals surface area contributed by atoms with Gasteiger partial charge >= 0.3 is 0 Å². The maximum Gasteiger partial charge on any atom is 0.246 e. The van der Waals surface area contributed by atoms with E-state index in [0.29, 0.717) is 11.0 Å². The first-order valence-corrected chi connectivity index (χ1v) is 7.46. The zero-order valence-corrected chi connectivity index (χ0v) is 12.4. The molecule has 7 heteroatoms. The van der Waals surface area contributed by atoms with Gasteiger partial charge < -0.3 is 5.73 Å². The van der Waals surface area contributed by atoms with Crippen molar-refractivity contribution in [2.75, 3.05) is 12.3 Å². The van der Waals surface area contributed by atoms with E-state index in [-0.39, 0.29) is 16.8 Å². The molecule has 0 atom stereocenters. The molecule has 17 heavy (non-hydrogen) atoms. The van der Waals surface area contributed by atoms with Crippen LogP contribution in [0, 0.1) is 0 Å². The third-order valence-corrected chi connectivity index (χ3v) is 4.94. The Morgan fingerprint density at radius 3 is 2.59 bits per heavy atom. The number of hydrogen-bond donors (Lipinski definition) is 1. The Morgan fingerprint density at radius 1 is 1.53 bits per heavy atom. The lowest BCUT2D eigenvalue weighted by atomic mass is 10.4. The molecule has 0 radical (unpaired) electrons. The molecule has 0 aliphatic heterocycles. The van der Waals surface area contributed by atoms with Crippen molar-refractivity contribution in [1.82, 2.24) is 9.29 Å². The number of sulfonamides is 1. The molecule has 0 unspecified atom stereocenters. The number of aromatic nitrogens is 1. The highest BCUT2D eigenvalue weighted by Gasteiger charge is 2.28. The van der Waals surface area contributed by atoms with Gasteiger partial charge in [0.2, 0.25) is 10.0 Å². The van der Waals surface area contributed by atoms with Crippen molar-refractivity contribution in [2.24, 2.45) is 0 Å². The first-order chi connectivity index (χ1) is 7.80. The van der Waals surface area contributed by atoms with E-state index in [1.807, 2.05) is 13.8 Å². The molecule has 5 nitrogen and oxygen atoms in total. The monoisotopic (exact) mass is 321 g/mol. The van der Waals surface area contributed by atoms with Crippen LogP contribution < -0.4 is 5.73 Å². The van der Waals surface area contributed by atoms with E-state index in [9.17, 15) is 8.42 Å². The molecule has 1 aromatic rings. The van der Waals surface area contributed by atoms with Gasteiger partial charge in [0.1, 0.15) is 10.7 Å². The number of nitrogens with two attached hydrogens (primary N) is 1. The highest BCUT2D eigenvalue weighted by molar-refractivity contribution is 9.10. The highest BCUT2D eigenvalue weighted by atomic mass is 79.9. The number of pyridine rings is 1. The summed E-state index contributed by atoms with van der Waals surface area (Å²) in [4.78, 5) is 3.89. The molecule has 0 saturated carbocycles. The Morgan fingerprint density at radius 2 is 2.12 bits per heavy atom. The number of hydrogen-bond acceptors (Lipinski definition) is 4. The Balaban J connectivity index is 3.35. The van der Waals surface area contributed by atoms with Crippen LogP contribution in [0.15, 0.2) is 21.6 Å². The zero-order chi connectivity index (χ0) is 13.2. The molecule has 0 fully saturated rings. The SMILES string of the molecule is CCN(C(C)C)S(=O)(=O)c1cc(Br)cnc1N. The molecule has 0 saturated heterocycles. The van der Waals surface area contributed by atoms with Gasteiger partial charge in [-0.3, -0.25) is 0 Å². The number of nitrogens with zero attached hydrogens (tertiary/aromatic N) is 2. The van der Waals surface area contributed by atoms with Gasteiger partial charge in [0.05, 0.1) is 0 Å². The summed E-state index contributed by atoms with van der Waals surface area (Å²) >= 11 is 3.20. The molecular weight excluding hydrogens is 306 g/mol. The number of rotatable bonds is 4. The van der Waals surface area contributed by atoms with E-state index in [4.69, 9.17) is 5.73 Å². The fourth-order valence-corrected chi connectivity index (χ4v) is 3.80. The van der Waals surface area contributed by atoms with Gasteiger partial charge in [-0.05, 0) is 35.8 Å². The van der Waals surface area contributed by atoms with Crippen LogP contribution in [0.5, 0.6) is 0 Å². The lowest BCUT2D eigenvalue weighted by Gasteiger charge is -2.24. The summed E-state index contributed by atoms with van der Waals surface area (Å²) in [6.45, 7) is 5.83. The Bertz CT molecular complexity index is 502. The molecule has 0 aliphatic rings. The second-order valence-corrected chi connectivity index (χ2v) is 6.61. The highest BCUT2D eigenvalue weighted by Crippen LogP contribution is 2.25. The smallest absolute Gasteiger partial charge is 0.246 e. The van der Waals surface area contributed by atoms with Crippen molar-refractivity contribution < 1.29 is 8.42 Å². The normalized spacial score (nSPS) is 12.4. The summed E-state index contributed by atoms with van der Waals surface area (Å²) in [6.07, 6.45) is 1.47. The van der Waals surface area contributed by atoms with Crippen molar-refractivity contribution in [3.63, 3.8) is 0 Å². The lowest BCUT2D eigenvalue weighted by molar-refractivity contribution is 0.369. The van der Waals surface area contributed by atoms with Crippen LogP contribution in [0.3, 0.4) is 0 Å². The molecule has 0 amide bonds. The molecular formula is C10H16BrN3O2S. The molecule has 1 rings (SSSR count). The van der Waals surface area contributed by atoms with Gasteiger partial charge in [-0.1, -0.05) is 6.92 Å². The summed E-state index contributed by atoms with van der Waals surface area (Å²) < 4.78 is 26.7. The minimum atomic E-state index is -3.59. The maximum absolute atomic E-state index is 12.4. The molecule has 0 aliphatic carbocycles. The number of nitrogen functional groups attached to an aromatic ring is 1. The van der Waals surface area contributed by atoms with Crippen molar-refractivity contribution in [1.29, 1.82) is 0 Å². The van der Waals surface area contributed by atoms with E-state index < -0.39 is 10.0 Å². The summed E-state index contributed by atoms with van der Waals surface area (Å²) in [5, 5.41) is 0. The fraction of sp³-hybridized carbons (Fsp3) is 0.500. The molecule has 96 valence electrons. The van der Waals surface area contributed by atoms with E-state index >= 15 is 0 Å². The summed E-state index contributed by atoms with van der Waals surface area (Å²) in [5.41, 5.74) is 5.63. The summed E-state index contributed by atoms with van der Waals surface area (Å²) in [7, 11) is -3.59. The lowest BCUT2D eigenvalue weighted by Crippen LogP contribution is -2.37. The minimum Gasteiger partial charge on any atom is -0.383 e. The van der Waals surface area contributed by atoms with Crippen molar-refractivity contribution in [2.45, 2.75) is 31.7 Å². The van der Waals surface area contributed by atoms with Crippen molar-refractivity contribution in [3.05, 3.63) is 16.7 Å². The Kier molecular flexibility index (Phi) is 4.51. The maximum atomic E-state index is 12.4. The van der Waals surface area contributed by atoms with Gasteiger partial charge in [0.15, 0.2) is 0 Å². The van der Waals surface area contributed by atoms with Gasteiger partial charge in [0.25, 0.3) is 0 Å². The average molecular weight is 322 g/mol. The van der Waals surface area contributed by atoms with E-state index in [1.165, 1.54) is 16.6 Å². The first-order valence-electron chi connectivity index (χ1n) is 5.23. The Labute approximate surface area is 110 Å². The van der Waals surface area contributed by atoms with Crippen LogP contribution in [0.4, 0.5) is 5.82 Å². The zero-order valence-electron chi connectivity index (χ0n) is 10.0. The van der Waals surface area contributed by atoms with Crippen LogP contribution in [0.25, 0.3) is 0 Å². The van der Waals surface area contributed by atoms with Gasteiger partial charge in [-0.2, -0.15) is 4.31 Å². The number of anilines is 1. The fourth-order valence-electron chi connectivity index (χ4n) is 1.58. The van der Waals surface area contributed by atoms with E-state index in [0.717, 1.165) is 0 Å². The number of halogens is 1. The van der Waals surface area contributed by atoms with E-state index in [2.05, 4.69) is 20.9 Å². The van der Waals surface area contributed by atoms with E-state index in [1.54, 1.807) is 6.92 Å². The molecule has 0 spiro atoms. The van der Waals surface area contributed by atoms with Gasteiger partial charge in [-0.15, -0.1) is 0 Å². The van der Waals surface area contributed by atoms with Gasteiger partial charge in [-0.25, -0.2) is 13.4 Å². The predicted octanol–water partition coefficient (Wildman–Crippen LogP) is 1.85. The van der Waals surface area contributed by atoms with Gasteiger partial charge in [0, 0.05) is 23.3 Å². The molecule has 2 N–H and O–H groups in total. The van der Waals surface area contributed by atoms with Crippen LogP contribution in [-0.2, 0) is 10.0 Å². The minimum absolute atomic E-state index is 0.0206. The third-order valence-electron chi connectivity index (χ3n) is 2.32. The van der Waals surface area contributed by atoms with Crippen LogP contribution in [0.2, 0.25) is 0 Å². The molecule has 1 heterocycles. The van der Waals surface area contributed by atoms with Crippen LogP contribution >= 0.6 is 15.9 Å². The molecule has 0 aromatic carbocycles. The summed E-state index contributed by atoms with van der Waals surface area (Å²) in [6, 6.07) is 1.35. The van der Waals surface area contributed by atoms with Crippen LogP contribution in [-0.4, -0.2) is 30.3 Å². The van der Waals surface area contributed by atoms with Crippen LogP contribution in [0.1, 0.15) is 20.8 Å².